The minimum Gasteiger partial charge on any atom is -0.416 e. The molecule has 0 aromatic heterocycles. The molecule has 0 fully saturated rings. The van der Waals surface area contributed by atoms with Crippen LogP contribution in [0.2, 0.25) is 0 Å². The zero-order chi connectivity index (χ0) is 12.9. The highest BCUT2D eigenvalue weighted by molar-refractivity contribution is 5.05. The standard InChI is InChI=1S/C16H21O3/c1-2-8-13(7-1)17-16(18-14-9-3-4-10-14)19-15-11-5-6-12-15/h7,9,11H,1-6,8,10,12H2. The van der Waals surface area contributed by atoms with Gasteiger partial charge in [0.1, 0.15) is 17.3 Å². The number of rotatable bonds is 6. The Labute approximate surface area is 114 Å². The van der Waals surface area contributed by atoms with E-state index in [4.69, 9.17) is 14.2 Å². The summed E-state index contributed by atoms with van der Waals surface area (Å²) in [5, 5.41) is 0. The Hall–Kier alpha value is -1.38. The van der Waals surface area contributed by atoms with Gasteiger partial charge in [-0.2, -0.15) is 0 Å². The van der Waals surface area contributed by atoms with E-state index in [9.17, 15) is 0 Å². The van der Waals surface area contributed by atoms with Gasteiger partial charge in [-0.25, -0.2) is 0 Å². The zero-order valence-electron chi connectivity index (χ0n) is 11.3. The molecule has 3 aliphatic carbocycles. The van der Waals surface area contributed by atoms with Crippen molar-refractivity contribution in [2.75, 3.05) is 0 Å². The minimum atomic E-state index is 0.300. The lowest BCUT2D eigenvalue weighted by Crippen LogP contribution is -2.11. The third kappa shape index (κ3) is 3.55. The topological polar surface area (TPSA) is 27.7 Å². The first-order valence-electron chi connectivity index (χ1n) is 7.38. The van der Waals surface area contributed by atoms with Gasteiger partial charge in [-0.3, -0.25) is 0 Å². The lowest BCUT2D eigenvalue weighted by molar-refractivity contribution is -0.129. The van der Waals surface area contributed by atoms with Crippen molar-refractivity contribution in [3.05, 3.63) is 42.0 Å². The Bertz CT molecular complexity index is 344. The van der Waals surface area contributed by atoms with Crippen molar-refractivity contribution >= 4 is 0 Å². The number of allylic oxidation sites excluding steroid dienone is 6. The fourth-order valence-corrected chi connectivity index (χ4v) is 2.59. The Morgan fingerprint density at radius 1 is 0.632 bits per heavy atom. The van der Waals surface area contributed by atoms with Crippen LogP contribution in [0.25, 0.3) is 0 Å². The second-order valence-corrected chi connectivity index (χ2v) is 5.24. The average molecular weight is 261 g/mol. The lowest BCUT2D eigenvalue weighted by Gasteiger charge is -2.19. The highest BCUT2D eigenvalue weighted by atomic mass is 16.8. The van der Waals surface area contributed by atoms with Crippen molar-refractivity contribution in [1.82, 2.24) is 0 Å². The molecule has 3 aliphatic rings. The summed E-state index contributed by atoms with van der Waals surface area (Å²) in [6.07, 6.45) is 16.1. The molecule has 0 atom stereocenters. The van der Waals surface area contributed by atoms with Crippen molar-refractivity contribution in [1.29, 1.82) is 0 Å². The number of hydrogen-bond donors (Lipinski definition) is 0. The van der Waals surface area contributed by atoms with E-state index in [2.05, 4.69) is 18.2 Å². The van der Waals surface area contributed by atoms with Gasteiger partial charge in [0, 0.05) is 19.3 Å². The predicted molar refractivity (Wildman–Crippen MR) is 72.3 cm³/mol. The van der Waals surface area contributed by atoms with Gasteiger partial charge in [0.2, 0.25) is 0 Å². The molecule has 3 heteroatoms. The maximum Gasteiger partial charge on any atom is 0.545 e. The molecule has 0 aromatic carbocycles. The van der Waals surface area contributed by atoms with Gasteiger partial charge in [-0.05, 0) is 56.8 Å². The first kappa shape index (κ1) is 12.6. The van der Waals surface area contributed by atoms with E-state index in [1.165, 1.54) is 0 Å². The quantitative estimate of drug-likeness (QED) is 0.694. The molecule has 3 nitrogen and oxygen atoms in total. The molecule has 0 N–H and O–H groups in total. The number of hydrogen-bond acceptors (Lipinski definition) is 3. The van der Waals surface area contributed by atoms with Crippen LogP contribution in [0.3, 0.4) is 0 Å². The molecule has 0 saturated heterocycles. The molecular formula is C16H21O3. The van der Waals surface area contributed by atoms with E-state index in [0.717, 1.165) is 75.1 Å². The molecule has 0 aliphatic heterocycles. The molecule has 1 radical (unpaired) electrons. The summed E-state index contributed by atoms with van der Waals surface area (Å²) in [5.74, 6) is 2.94. The molecule has 19 heavy (non-hydrogen) atoms. The van der Waals surface area contributed by atoms with Crippen LogP contribution in [-0.2, 0) is 14.2 Å². The highest BCUT2D eigenvalue weighted by Crippen LogP contribution is 2.31. The van der Waals surface area contributed by atoms with E-state index < -0.39 is 0 Å². The van der Waals surface area contributed by atoms with Gasteiger partial charge in [0.15, 0.2) is 0 Å². The molecule has 0 saturated carbocycles. The average Bonchev–Trinajstić information content (AvgIpc) is 3.10. The molecular weight excluding hydrogens is 240 g/mol. The summed E-state index contributed by atoms with van der Waals surface area (Å²) in [4.78, 5) is 0. The predicted octanol–water partition coefficient (Wildman–Crippen LogP) is 4.69. The van der Waals surface area contributed by atoms with Crippen LogP contribution in [0.15, 0.2) is 35.5 Å². The van der Waals surface area contributed by atoms with Crippen molar-refractivity contribution in [2.24, 2.45) is 0 Å². The Balaban J connectivity index is 1.59. The molecule has 0 amide bonds. The molecule has 0 bridgehead atoms. The molecule has 0 unspecified atom stereocenters. The maximum atomic E-state index is 5.79. The third-order valence-corrected chi connectivity index (χ3v) is 3.64. The Kier molecular flexibility index (Phi) is 4.11. The van der Waals surface area contributed by atoms with Crippen LogP contribution in [0.1, 0.15) is 57.8 Å². The van der Waals surface area contributed by atoms with Crippen LogP contribution < -0.4 is 0 Å². The molecule has 0 spiro atoms. The van der Waals surface area contributed by atoms with Gasteiger partial charge in [0.05, 0.1) is 0 Å². The second-order valence-electron chi connectivity index (χ2n) is 5.24. The fraction of sp³-hybridized carbons (Fsp3) is 0.562. The van der Waals surface area contributed by atoms with Crippen LogP contribution in [0, 0.1) is 6.48 Å². The summed E-state index contributed by atoms with van der Waals surface area (Å²) in [6.45, 7) is 0.300. The fourth-order valence-electron chi connectivity index (χ4n) is 2.59. The number of ether oxygens (including phenoxy) is 3. The third-order valence-electron chi connectivity index (χ3n) is 3.64. The zero-order valence-corrected chi connectivity index (χ0v) is 11.3. The molecule has 3 rings (SSSR count). The summed E-state index contributed by atoms with van der Waals surface area (Å²) in [5.41, 5.74) is 0. The molecule has 0 heterocycles. The summed E-state index contributed by atoms with van der Waals surface area (Å²) in [7, 11) is 0. The highest BCUT2D eigenvalue weighted by Gasteiger charge is 2.25. The van der Waals surface area contributed by atoms with Crippen LogP contribution in [0.5, 0.6) is 0 Å². The van der Waals surface area contributed by atoms with Gasteiger partial charge < -0.3 is 14.2 Å². The first-order chi connectivity index (χ1) is 9.40. The van der Waals surface area contributed by atoms with E-state index in [1.807, 2.05) is 0 Å². The van der Waals surface area contributed by atoms with Gasteiger partial charge in [0.25, 0.3) is 0 Å². The summed E-state index contributed by atoms with van der Waals surface area (Å²) >= 11 is 0. The van der Waals surface area contributed by atoms with E-state index in [1.54, 1.807) is 0 Å². The second kappa shape index (κ2) is 6.18. The van der Waals surface area contributed by atoms with E-state index in [0.29, 0.717) is 6.48 Å². The van der Waals surface area contributed by atoms with Crippen molar-refractivity contribution in [2.45, 2.75) is 57.8 Å². The normalized spacial score (nSPS) is 22.3. The SMILES string of the molecule is C1=C(O[C](OC2=CCCC2)OC2=CCCC2)CCC1. The van der Waals surface area contributed by atoms with Crippen LogP contribution in [-0.4, -0.2) is 0 Å². The largest absolute Gasteiger partial charge is 0.545 e. The van der Waals surface area contributed by atoms with Crippen molar-refractivity contribution < 1.29 is 14.2 Å². The van der Waals surface area contributed by atoms with Crippen LogP contribution in [0.4, 0.5) is 0 Å². The van der Waals surface area contributed by atoms with Crippen molar-refractivity contribution in [3.8, 4) is 0 Å². The molecule has 103 valence electrons. The van der Waals surface area contributed by atoms with E-state index >= 15 is 0 Å². The Morgan fingerprint density at radius 3 is 1.26 bits per heavy atom. The lowest BCUT2D eigenvalue weighted by atomic mass is 10.3. The first-order valence-corrected chi connectivity index (χ1v) is 7.38. The smallest absolute Gasteiger partial charge is 0.416 e. The van der Waals surface area contributed by atoms with Gasteiger partial charge in [-0.15, -0.1) is 0 Å². The maximum absolute atomic E-state index is 5.79. The molecule has 0 aromatic rings. The monoisotopic (exact) mass is 261 g/mol. The van der Waals surface area contributed by atoms with Gasteiger partial charge >= 0.3 is 6.48 Å². The minimum absolute atomic E-state index is 0.300. The van der Waals surface area contributed by atoms with Crippen molar-refractivity contribution in [3.63, 3.8) is 0 Å². The summed E-state index contributed by atoms with van der Waals surface area (Å²) < 4.78 is 17.4. The Morgan fingerprint density at radius 2 is 1.00 bits per heavy atom. The van der Waals surface area contributed by atoms with Crippen LogP contribution >= 0.6 is 0 Å². The van der Waals surface area contributed by atoms with E-state index in [-0.39, 0.29) is 0 Å². The van der Waals surface area contributed by atoms with Gasteiger partial charge in [-0.1, -0.05) is 0 Å². The summed E-state index contributed by atoms with van der Waals surface area (Å²) in [6, 6.07) is 0.